The second-order valence-electron chi connectivity index (χ2n) is 9.30. The fourth-order valence-electron chi connectivity index (χ4n) is 6.32. The number of fused-ring (bicyclic) bond motifs is 8. The molecule has 0 spiro atoms. The molecule has 3 aliphatic rings. The number of aryl methyl sites for hydroxylation is 1. The minimum absolute atomic E-state index is 0. The summed E-state index contributed by atoms with van der Waals surface area (Å²) in [5, 5.41) is 5.43. The Morgan fingerprint density at radius 1 is 0.848 bits per heavy atom. The van der Waals surface area contributed by atoms with Gasteiger partial charge in [-0.3, -0.25) is 0 Å². The van der Waals surface area contributed by atoms with Crippen LogP contribution in [0.4, 0.5) is 0 Å². The van der Waals surface area contributed by atoms with Crippen LogP contribution in [0, 0.1) is 30.1 Å². The van der Waals surface area contributed by atoms with Gasteiger partial charge in [0, 0.05) is 12.6 Å². The summed E-state index contributed by atoms with van der Waals surface area (Å²) in [5.74, 6) is 3.56. The molecule has 4 aromatic rings. The summed E-state index contributed by atoms with van der Waals surface area (Å²) in [5.41, 5.74) is 2.63. The maximum absolute atomic E-state index is 2.62. The van der Waals surface area contributed by atoms with E-state index >= 15 is 0 Å². The molecule has 0 aliphatic heterocycles. The second-order valence-corrected chi connectivity index (χ2v) is 9.30. The van der Waals surface area contributed by atoms with Gasteiger partial charge in [-0.15, -0.1) is 47.0 Å². The summed E-state index contributed by atoms with van der Waals surface area (Å²) in [6, 6.07) is 19.5. The molecule has 0 N–H and O–H groups in total. The molecule has 1 aromatic heterocycles. The molecule has 2 saturated carbocycles. The molecule has 4 unspecified atom stereocenters. The molecule has 1 nitrogen and oxygen atoms in total. The van der Waals surface area contributed by atoms with E-state index in [1.54, 1.807) is 0 Å². The predicted molar refractivity (Wildman–Crippen MR) is 129 cm³/mol. The molecule has 1 heterocycles. The Morgan fingerprint density at radius 3 is 2.39 bits per heavy atom. The average Bonchev–Trinajstić information content (AvgIpc) is 3.45. The Morgan fingerprint density at radius 2 is 1.55 bits per heavy atom. The van der Waals surface area contributed by atoms with Crippen molar-refractivity contribution in [2.45, 2.75) is 25.7 Å². The maximum atomic E-state index is 2.62. The number of allylic oxidation sites excluding steroid dienone is 4. The van der Waals surface area contributed by atoms with Gasteiger partial charge in [0.2, 0.25) is 0 Å². The minimum Gasteiger partial charge on any atom is -1.00 e. The molecule has 0 amide bonds. The van der Waals surface area contributed by atoms with Gasteiger partial charge in [-0.1, -0.05) is 79.5 Å². The fourth-order valence-corrected chi connectivity index (χ4v) is 6.32. The second kappa shape index (κ2) is 11.0. The minimum atomic E-state index is 0. The van der Waals surface area contributed by atoms with Crippen molar-refractivity contribution in [3.05, 3.63) is 85.3 Å². The Labute approximate surface area is 228 Å². The van der Waals surface area contributed by atoms with Crippen LogP contribution in [0.1, 0.15) is 25.7 Å². The molecule has 3 aromatic carbocycles. The van der Waals surface area contributed by atoms with Crippen molar-refractivity contribution in [1.82, 2.24) is 4.57 Å². The van der Waals surface area contributed by atoms with E-state index in [1.165, 1.54) is 58.3 Å². The Hall–Kier alpha value is -1.21. The normalized spacial score (nSPS) is 24.8. The van der Waals surface area contributed by atoms with E-state index in [0.717, 1.165) is 23.7 Å². The van der Waals surface area contributed by atoms with E-state index in [9.17, 15) is 0 Å². The summed E-state index contributed by atoms with van der Waals surface area (Å²) >= 11 is 0. The number of benzene rings is 2. The van der Waals surface area contributed by atoms with Gasteiger partial charge in [0.05, 0.1) is 0 Å². The SMILES string of the molecule is C1=CC2[CH-]C3CCCCC3C2C=C1.Cn1c2ccccc2c2c3ccccc3[cH-]c21.[Cl-].[Cl-].[Zr+4]. The third kappa shape index (κ3) is 4.56. The summed E-state index contributed by atoms with van der Waals surface area (Å²) in [6.45, 7) is 0. The van der Waals surface area contributed by atoms with Gasteiger partial charge in [0.15, 0.2) is 0 Å². The molecular weight excluding hydrogens is 524 g/mol. The quantitative estimate of drug-likeness (QED) is 0.292. The van der Waals surface area contributed by atoms with E-state index in [0.29, 0.717) is 0 Å². The molecule has 7 rings (SSSR count). The molecule has 168 valence electrons. The van der Waals surface area contributed by atoms with Crippen LogP contribution in [-0.4, -0.2) is 4.57 Å². The molecule has 4 heteroatoms. The van der Waals surface area contributed by atoms with Crippen LogP contribution < -0.4 is 24.8 Å². The van der Waals surface area contributed by atoms with Crippen LogP contribution in [-0.2, 0) is 33.3 Å². The van der Waals surface area contributed by atoms with E-state index in [4.69, 9.17) is 0 Å². The Balaban J connectivity index is 0.000000175. The van der Waals surface area contributed by atoms with Crippen LogP contribution >= 0.6 is 0 Å². The van der Waals surface area contributed by atoms with Crippen molar-refractivity contribution in [2.75, 3.05) is 0 Å². The summed E-state index contributed by atoms with van der Waals surface area (Å²) in [4.78, 5) is 0. The van der Waals surface area contributed by atoms with Crippen molar-refractivity contribution in [2.24, 2.45) is 30.7 Å². The maximum Gasteiger partial charge on any atom is 4.00 e. The van der Waals surface area contributed by atoms with Crippen molar-refractivity contribution < 1.29 is 51.0 Å². The summed E-state index contributed by atoms with van der Waals surface area (Å²) < 4.78 is 2.28. The van der Waals surface area contributed by atoms with Gasteiger partial charge in [-0.05, 0) is 22.9 Å². The van der Waals surface area contributed by atoms with E-state index in [-0.39, 0.29) is 51.0 Å². The van der Waals surface area contributed by atoms with E-state index in [2.05, 4.69) is 96.9 Å². The molecule has 2 fully saturated rings. The van der Waals surface area contributed by atoms with Gasteiger partial charge in [0.1, 0.15) is 0 Å². The number of rotatable bonds is 0. The van der Waals surface area contributed by atoms with Crippen LogP contribution in [0.5, 0.6) is 0 Å². The predicted octanol–water partition coefficient (Wildman–Crippen LogP) is 1.58. The zero-order chi connectivity index (χ0) is 20.1. The average molecular weight is 554 g/mol. The summed E-state index contributed by atoms with van der Waals surface area (Å²) in [7, 11) is 2.14. The molecular formula is C29H29Cl2NZr. The van der Waals surface area contributed by atoms with Gasteiger partial charge >= 0.3 is 26.2 Å². The molecule has 0 saturated heterocycles. The van der Waals surface area contributed by atoms with Crippen molar-refractivity contribution in [3.63, 3.8) is 0 Å². The number of para-hydroxylation sites is 1. The Kier molecular flexibility index (Phi) is 8.82. The first-order valence-corrected chi connectivity index (χ1v) is 11.5. The van der Waals surface area contributed by atoms with Crippen LogP contribution in [0.3, 0.4) is 0 Å². The number of hydrogen-bond acceptors (Lipinski definition) is 0. The third-order valence-electron chi connectivity index (χ3n) is 7.74. The molecule has 3 aliphatic carbocycles. The van der Waals surface area contributed by atoms with Crippen molar-refractivity contribution in [1.29, 1.82) is 0 Å². The van der Waals surface area contributed by atoms with Gasteiger partial charge in [-0.25, -0.2) is 0 Å². The van der Waals surface area contributed by atoms with E-state index < -0.39 is 0 Å². The smallest absolute Gasteiger partial charge is 1.00 e. The topological polar surface area (TPSA) is 4.93 Å². The Bertz CT molecular complexity index is 1280. The van der Waals surface area contributed by atoms with Crippen molar-refractivity contribution >= 4 is 32.6 Å². The molecule has 0 radical (unpaired) electrons. The molecule has 4 atom stereocenters. The number of halogens is 2. The van der Waals surface area contributed by atoms with Gasteiger partial charge < -0.3 is 35.8 Å². The first kappa shape index (κ1) is 26.4. The summed E-state index contributed by atoms with van der Waals surface area (Å²) in [6.07, 6.45) is 17.8. The van der Waals surface area contributed by atoms with Crippen LogP contribution in [0.15, 0.2) is 78.9 Å². The van der Waals surface area contributed by atoms with Crippen LogP contribution in [0.25, 0.3) is 32.6 Å². The number of aromatic nitrogens is 1. The van der Waals surface area contributed by atoms with Crippen LogP contribution in [0.2, 0.25) is 0 Å². The monoisotopic (exact) mass is 551 g/mol. The standard InChI is InChI=1S/C16H12N.C13H17.2ClH.Zr/c1-17-14-9-5-4-8-13(14)16-12-7-3-2-6-11(12)10-15(16)17;1-3-7-12-10(5-1)9-11-6-2-4-8-13(11)12;;;/h2-10H,1H3;1,3,5,7,9-13H,2,4,6,8H2;2*1H;/q2*-1;;;+4/p-2. The number of hydrogen-bond donors (Lipinski definition) is 0. The first-order valence-electron chi connectivity index (χ1n) is 11.5. The largest absolute Gasteiger partial charge is 4.00 e. The molecule has 0 bridgehead atoms. The molecule has 33 heavy (non-hydrogen) atoms. The van der Waals surface area contributed by atoms with Gasteiger partial charge in [-0.2, -0.15) is 5.92 Å². The van der Waals surface area contributed by atoms with Gasteiger partial charge in [0.25, 0.3) is 0 Å². The first-order chi connectivity index (χ1) is 14.8. The zero-order valence-electron chi connectivity index (χ0n) is 18.9. The third-order valence-corrected chi connectivity index (χ3v) is 7.74. The van der Waals surface area contributed by atoms with E-state index in [1.807, 2.05) is 0 Å². The fraction of sp³-hybridized carbons (Fsp3) is 0.310. The van der Waals surface area contributed by atoms with Crippen molar-refractivity contribution in [3.8, 4) is 0 Å². The number of nitrogens with zero attached hydrogens (tertiary/aromatic N) is 1. The zero-order valence-corrected chi connectivity index (χ0v) is 22.9.